The molecule has 2 aliphatic rings. The maximum absolute atomic E-state index is 5.08. The lowest BCUT2D eigenvalue weighted by molar-refractivity contribution is 0.674. The third kappa shape index (κ3) is 2.51. The Morgan fingerprint density at radius 2 is 1.26 bits per heavy atom. The van der Waals surface area contributed by atoms with Crippen molar-refractivity contribution in [3.05, 3.63) is 84.9 Å². The van der Waals surface area contributed by atoms with Crippen LogP contribution < -0.4 is 0 Å². The average molecular weight is 349 g/mol. The highest BCUT2D eigenvalue weighted by atomic mass is 15.3. The van der Waals surface area contributed by atoms with E-state index in [9.17, 15) is 0 Å². The van der Waals surface area contributed by atoms with Gasteiger partial charge in [-0.15, -0.1) is 0 Å². The summed E-state index contributed by atoms with van der Waals surface area (Å²) in [5, 5.41) is 6.19. The first-order chi connectivity index (χ1) is 13.4. The van der Waals surface area contributed by atoms with E-state index in [1.165, 1.54) is 5.39 Å². The van der Waals surface area contributed by atoms with Crippen molar-refractivity contribution in [3.63, 3.8) is 0 Å². The second-order valence-electron chi connectivity index (χ2n) is 6.60. The summed E-state index contributed by atoms with van der Waals surface area (Å²) in [5.74, 6) is 0. The standard InChI is InChI=1S/C24H19N3/c1-2-27-20-16-10-9-15-19(20)21-22(17-11-5-3-6-12-17)25-23(24(21)26-27)18-13-7-4-8-14-18/h3-16H,2H2,1H3. The Hall–Kier alpha value is -3.46. The van der Waals surface area contributed by atoms with Crippen molar-refractivity contribution in [3.8, 4) is 33.8 Å². The highest BCUT2D eigenvalue weighted by Gasteiger charge is 2.25. The normalized spacial score (nSPS) is 11.3. The molecule has 5 rings (SSSR count). The molecule has 0 unspecified atom stereocenters. The second kappa shape index (κ2) is 6.36. The van der Waals surface area contributed by atoms with Crippen LogP contribution in [0.5, 0.6) is 0 Å². The Labute approximate surface area is 158 Å². The Kier molecular flexibility index (Phi) is 3.72. The van der Waals surface area contributed by atoms with Crippen LogP contribution in [-0.2, 0) is 6.54 Å². The summed E-state index contributed by atoms with van der Waals surface area (Å²) < 4.78 is 2.07. The number of rotatable bonds is 3. The number of aromatic nitrogens is 3. The van der Waals surface area contributed by atoms with Gasteiger partial charge in [-0.3, -0.25) is 4.68 Å². The van der Waals surface area contributed by atoms with Crippen LogP contribution in [-0.4, -0.2) is 14.8 Å². The van der Waals surface area contributed by atoms with Gasteiger partial charge in [-0.25, -0.2) is 4.98 Å². The molecule has 3 nitrogen and oxygen atoms in total. The van der Waals surface area contributed by atoms with Crippen molar-refractivity contribution < 1.29 is 0 Å². The van der Waals surface area contributed by atoms with Crippen molar-refractivity contribution >= 4 is 10.9 Å². The fourth-order valence-electron chi connectivity index (χ4n) is 3.73. The van der Waals surface area contributed by atoms with Crippen molar-refractivity contribution in [1.29, 1.82) is 0 Å². The summed E-state index contributed by atoms with van der Waals surface area (Å²) in [6, 6.07) is 29.2. The Morgan fingerprint density at radius 1 is 0.667 bits per heavy atom. The molecule has 0 aliphatic carbocycles. The molecule has 3 aromatic carbocycles. The van der Waals surface area contributed by atoms with Crippen LogP contribution in [0.4, 0.5) is 0 Å². The molecule has 0 saturated heterocycles. The van der Waals surface area contributed by atoms with Crippen LogP contribution in [0.2, 0.25) is 0 Å². The summed E-state index contributed by atoms with van der Waals surface area (Å²) in [7, 11) is 0. The van der Waals surface area contributed by atoms with Gasteiger partial charge in [0.2, 0.25) is 0 Å². The largest absolute Gasteiger partial charge is 0.265 e. The van der Waals surface area contributed by atoms with Gasteiger partial charge < -0.3 is 0 Å². The van der Waals surface area contributed by atoms with Gasteiger partial charge in [-0.1, -0.05) is 78.9 Å². The van der Waals surface area contributed by atoms with Gasteiger partial charge >= 0.3 is 0 Å². The maximum Gasteiger partial charge on any atom is 0.120 e. The van der Waals surface area contributed by atoms with Gasteiger partial charge in [0.15, 0.2) is 0 Å². The highest BCUT2D eigenvalue weighted by Crippen LogP contribution is 2.43. The molecule has 2 heterocycles. The molecule has 0 bridgehead atoms. The van der Waals surface area contributed by atoms with Gasteiger partial charge in [0.25, 0.3) is 0 Å². The zero-order valence-electron chi connectivity index (χ0n) is 15.1. The van der Waals surface area contributed by atoms with E-state index in [0.29, 0.717) is 0 Å². The van der Waals surface area contributed by atoms with E-state index in [0.717, 1.165) is 45.8 Å². The zero-order chi connectivity index (χ0) is 18.2. The highest BCUT2D eigenvalue weighted by molar-refractivity contribution is 6.05. The number of fused-ring (bicyclic) bond motifs is 3. The quantitative estimate of drug-likeness (QED) is 0.406. The number of hydrogen-bond acceptors (Lipinski definition) is 2. The molecule has 0 spiro atoms. The molecule has 130 valence electrons. The SMILES string of the molecule is CCn1nc2c(-c3ccccc3)nc(-c3ccccc3)c-2c2ccccc21. The van der Waals surface area contributed by atoms with E-state index in [1.54, 1.807) is 0 Å². The van der Waals surface area contributed by atoms with Crippen LogP contribution in [0.1, 0.15) is 6.92 Å². The molecule has 0 fully saturated rings. The molecule has 27 heavy (non-hydrogen) atoms. The van der Waals surface area contributed by atoms with Gasteiger partial charge in [-0.05, 0) is 13.0 Å². The van der Waals surface area contributed by atoms with E-state index in [-0.39, 0.29) is 0 Å². The third-order valence-electron chi connectivity index (χ3n) is 4.99. The lowest BCUT2D eigenvalue weighted by Crippen LogP contribution is -2.06. The predicted octanol–water partition coefficient (Wildman–Crippen LogP) is 5.89. The minimum atomic E-state index is 0.816. The van der Waals surface area contributed by atoms with Crippen LogP contribution in [0, 0.1) is 0 Å². The Morgan fingerprint density at radius 3 is 1.93 bits per heavy atom. The number of nitrogens with zero attached hydrogens (tertiary/aromatic N) is 3. The molecule has 3 heteroatoms. The Balaban J connectivity index is 1.93. The number of aryl methyl sites for hydroxylation is 1. The van der Waals surface area contributed by atoms with E-state index in [4.69, 9.17) is 10.1 Å². The number of para-hydroxylation sites is 1. The van der Waals surface area contributed by atoms with Gasteiger partial charge in [0.05, 0.1) is 16.9 Å². The van der Waals surface area contributed by atoms with E-state index in [2.05, 4.69) is 72.3 Å². The summed E-state index contributed by atoms with van der Waals surface area (Å²) in [5.41, 5.74) is 7.37. The van der Waals surface area contributed by atoms with E-state index in [1.807, 2.05) is 24.3 Å². The van der Waals surface area contributed by atoms with Crippen LogP contribution in [0.15, 0.2) is 84.9 Å². The molecule has 0 atom stereocenters. The second-order valence-corrected chi connectivity index (χ2v) is 6.60. The van der Waals surface area contributed by atoms with Crippen molar-refractivity contribution in [1.82, 2.24) is 14.8 Å². The molecule has 0 radical (unpaired) electrons. The fraction of sp³-hybridized carbons (Fsp3) is 0.0833. The van der Waals surface area contributed by atoms with Crippen LogP contribution >= 0.6 is 0 Å². The molecule has 0 saturated carbocycles. The summed E-state index contributed by atoms with van der Waals surface area (Å²) >= 11 is 0. The van der Waals surface area contributed by atoms with Crippen molar-refractivity contribution in [2.45, 2.75) is 13.5 Å². The number of benzene rings is 3. The topological polar surface area (TPSA) is 30.7 Å². The minimum Gasteiger partial charge on any atom is -0.265 e. The summed E-state index contributed by atoms with van der Waals surface area (Å²) in [6.45, 7) is 2.94. The van der Waals surface area contributed by atoms with Crippen LogP contribution in [0.25, 0.3) is 44.7 Å². The minimum absolute atomic E-state index is 0.816. The summed E-state index contributed by atoms with van der Waals surface area (Å²) in [4.78, 5) is 5.08. The van der Waals surface area contributed by atoms with Gasteiger partial charge in [-0.2, -0.15) is 5.10 Å². The predicted molar refractivity (Wildman–Crippen MR) is 111 cm³/mol. The maximum atomic E-state index is 5.08. The van der Waals surface area contributed by atoms with E-state index >= 15 is 0 Å². The molecule has 0 N–H and O–H groups in total. The third-order valence-corrected chi connectivity index (χ3v) is 4.99. The van der Waals surface area contributed by atoms with Gasteiger partial charge in [0.1, 0.15) is 5.69 Å². The Bertz CT molecular complexity index is 1190. The van der Waals surface area contributed by atoms with Gasteiger partial charge in [0, 0.05) is 28.6 Å². The molecule has 0 aromatic heterocycles. The molecular formula is C24H19N3. The van der Waals surface area contributed by atoms with E-state index < -0.39 is 0 Å². The van der Waals surface area contributed by atoms with Crippen molar-refractivity contribution in [2.24, 2.45) is 0 Å². The smallest absolute Gasteiger partial charge is 0.120 e. The van der Waals surface area contributed by atoms with Crippen molar-refractivity contribution in [2.75, 3.05) is 0 Å². The monoisotopic (exact) mass is 349 g/mol. The first kappa shape index (κ1) is 15.8. The average Bonchev–Trinajstić information content (AvgIpc) is 3.14. The fourth-order valence-corrected chi connectivity index (χ4v) is 3.73. The zero-order valence-corrected chi connectivity index (χ0v) is 15.1. The molecular weight excluding hydrogens is 330 g/mol. The first-order valence-corrected chi connectivity index (χ1v) is 9.27. The molecule has 0 amide bonds. The molecule has 3 aromatic rings. The summed E-state index contributed by atoms with van der Waals surface area (Å²) in [6.07, 6.45) is 0. The number of hydrogen-bond donors (Lipinski definition) is 0. The lowest BCUT2D eigenvalue weighted by Gasteiger charge is -2.14. The lowest BCUT2D eigenvalue weighted by atomic mass is 9.99. The molecule has 2 aliphatic heterocycles. The van der Waals surface area contributed by atoms with Crippen LogP contribution in [0.3, 0.4) is 0 Å². The first-order valence-electron chi connectivity index (χ1n) is 9.27.